The fourth-order valence-electron chi connectivity index (χ4n) is 2.33. The van der Waals surface area contributed by atoms with E-state index < -0.39 is 17.8 Å². The van der Waals surface area contributed by atoms with Crippen molar-refractivity contribution in [2.24, 2.45) is 4.99 Å². The lowest BCUT2D eigenvalue weighted by Gasteiger charge is -2.08. The lowest BCUT2D eigenvalue weighted by atomic mass is 10.2. The van der Waals surface area contributed by atoms with Gasteiger partial charge in [0.25, 0.3) is 0 Å². The van der Waals surface area contributed by atoms with Gasteiger partial charge in [-0.1, -0.05) is 17.7 Å². The van der Waals surface area contributed by atoms with Crippen molar-refractivity contribution in [3.63, 3.8) is 0 Å². The standard InChI is InChI=1S/C18H13ClF3N3OS/c1-11-10-25(15-7-5-12(6-8-15)18(20,21)22)17(27-11)24-16(26)23-14-4-2-3-13(19)9-14/h2-10H,1H3,(H,23,26)/b24-17-. The number of alkyl halides is 3. The van der Waals surface area contributed by atoms with Crippen molar-refractivity contribution in [1.29, 1.82) is 0 Å². The van der Waals surface area contributed by atoms with Gasteiger partial charge in [-0.15, -0.1) is 11.3 Å². The van der Waals surface area contributed by atoms with Crippen LogP contribution in [0, 0.1) is 6.92 Å². The molecule has 1 N–H and O–H groups in total. The van der Waals surface area contributed by atoms with Gasteiger partial charge in [-0.05, 0) is 49.4 Å². The number of thiazole rings is 1. The van der Waals surface area contributed by atoms with Gasteiger partial charge in [-0.3, -0.25) is 4.57 Å². The van der Waals surface area contributed by atoms with Crippen LogP contribution in [-0.2, 0) is 6.18 Å². The van der Waals surface area contributed by atoms with E-state index in [0.717, 1.165) is 17.0 Å². The van der Waals surface area contributed by atoms with E-state index in [-0.39, 0.29) is 0 Å². The van der Waals surface area contributed by atoms with E-state index in [1.54, 1.807) is 35.0 Å². The summed E-state index contributed by atoms with van der Waals surface area (Å²) in [6.45, 7) is 1.82. The molecule has 0 atom stereocenters. The molecule has 0 radical (unpaired) electrons. The third-order valence-corrected chi connectivity index (χ3v) is 4.65. The molecule has 1 heterocycles. The third-order valence-electron chi connectivity index (χ3n) is 3.52. The summed E-state index contributed by atoms with van der Waals surface area (Å²) in [6, 6.07) is 10.7. The van der Waals surface area contributed by atoms with E-state index in [4.69, 9.17) is 11.6 Å². The summed E-state index contributed by atoms with van der Waals surface area (Å²) in [5.74, 6) is 0. The fourth-order valence-corrected chi connectivity index (χ4v) is 3.36. The number of anilines is 1. The normalized spacial score (nSPS) is 12.3. The minimum Gasteiger partial charge on any atom is -0.306 e. The minimum atomic E-state index is -4.40. The molecule has 3 aromatic rings. The average molecular weight is 412 g/mol. The van der Waals surface area contributed by atoms with Crippen LogP contribution in [0.15, 0.2) is 59.7 Å². The molecule has 9 heteroatoms. The Balaban J connectivity index is 1.91. The molecule has 140 valence electrons. The predicted octanol–water partition coefficient (Wildman–Crippen LogP) is 5.65. The van der Waals surface area contributed by atoms with Gasteiger partial charge >= 0.3 is 12.2 Å². The molecule has 0 bridgehead atoms. The number of carbonyl (C=O) groups is 1. The van der Waals surface area contributed by atoms with Crippen molar-refractivity contribution < 1.29 is 18.0 Å². The van der Waals surface area contributed by atoms with E-state index >= 15 is 0 Å². The monoisotopic (exact) mass is 411 g/mol. The number of hydrogen-bond donors (Lipinski definition) is 1. The highest BCUT2D eigenvalue weighted by molar-refractivity contribution is 7.09. The molecular formula is C18H13ClF3N3OS. The Bertz CT molecular complexity index is 1040. The summed E-state index contributed by atoms with van der Waals surface area (Å²) in [5.41, 5.74) is 0.225. The molecule has 0 aliphatic heterocycles. The molecule has 4 nitrogen and oxygen atoms in total. The van der Waals surface area contributed by atoms with E-state index in [1.165, 1.54) is 23.5 Å². The molecule has 2 amide bonds. The lowest BCUT2D eigenvalue weighted by molar-refractivity contribution is -0.137. The first kappa shape index (κ1) is 19.2. The molecule has 0 saturated heterocycles. The number of hydrogen-bond acceptors (Lipinski definition) is 2. The van der Waals surface area contributed by atoms with Gasteiger partial charge in [0.05, 0.1) is 5.56 Å². The largest absolute Gasteiger partial charge is 0.416 e. The van der Waals surface area contributed by atoms with Gasteiger partial charge in [0.1, 0.15) is 0 Å². The van der Waals surface area contributed by atoms with Crippen molar-refractivity contribution in [2.45, 2.75) is 13.1 Å². The second-order valence-corrected chi connectivity index (χ2v) is 7.24. The van der Waals surface area contributed by atoms with Gasteiger partial charge in [0.2, 0.25) is 0 Å². The number of amides is 2. The summed E-state index contributed by atoms with van der Waals surface area (Å²) in [5, 5.41) is 3.07. The smallest absolute Gasteiger partial charge is 0.306 e. The molecule has 2 aromatic carbocycles. The zero-order chi connectivity index (χ0) is 19.6. The van der Waals surface area contributed by atoms with Crippen molar-refractivity contribution in [3.05, 3.63) is 75.0 Å². The van der Waals surface area contributed by atoms with Crippen molar-refractivity contribution in [3.8, 4) is 5.69 Å². The lowest BCUT2D eigenvalue weighted by Crippen LogP contribution is -2.17. The van der Waals surface area contributed by atoms with Crippen LogP contribution in [0.3, 0.4) is 0 Å². The number of benzene rings is 2. The Kier molecular flexibility index (Phi) is 5.38. The number of rotatable bonds is 2. The molecule has 0 aliphatic carbocycles. The van der Waals surface area contributed by atoms with Crippen LogP contribution in [-0.4, -0.2) is 10.6 Å². The zero-order valence-electron chi connectivity index (χ0n) is 13.9. The number of carbonyl (C=O) groups excluding carboxylic acids is 1. The highest BCUT2D eigenvalue weighted by Crippen LogP contribution is 2.29. The van der Waals surface area contributed by atoms with E-state index in [1.807, 2.05) is 6.92 Å². The molecule has 0 fully saturated rings. The minimum absolute atomic E-state index is 0.340. The highest BCUT2D eigenvalue weighted by Gasteiger charge is 2.30. The number of aromatic nitrogens is 1. The van der Waals surface area contributed by atoms with Crippen LogP contribution in [0.2, 0.25) is 5.02 Å². The molecule has 3 rings (SSSR count). The van der Waals surface area contributed by atoms with Crippen LogP contribution in [0.5, 0.6) is 0 Å². The van der Waals surface area contributed by atoms with Crippen LogP contribution in [0.1, 0.15) is 10.4 Å². The number of nitrogens with one attached hydrogen (secondary N) is 1. The third kappa shape index (κ3) is 4.78. The van der Waals surface area contributed by atoms with E-state index in [0.29, 0.717) is 21.2 Å². The zero-order valence-corrected chi connectivity index (χ0v) is 15.5. The maximum Gasteiger partial charge on any atom is 0.416 e. The van der Waals surface area contributed by atoms with Gasteiger partial charge < -0.3 is 5.32 Å². The van der Waals surface area contributed by atoms with Crippen LogP contribution in [0.25, 0.3) is 5.69 Å². The maximum atomic E-state index is 12.7. The van der Waals surface area contributed by atoms with E-state index in [2.05, 4.69) is 10.3 Å². The summed E-state index contributed by atoms with van der Waals surface area (Å²) in [4.78, 5) is 17.4. The average Bonchev–Trinajstić information content (AvgIpc) is 2.94. The molecular weight excluding hydrogens is 399 g/mol. The maximum absolute atomic E-state index is 12.7. The van der Waals surface area contributed by atoms with Crippen molar-refractivity contribution in [1.82, 2.24) is 4.57 Å². The summed E-state index contributed by atoms with van der Waals surface area (Å²) in [7, 11) is 0. The van der Waals surface area contributed by atoms with Crippen LogP contribution in [0.4, 0.5) is 23.7 Å². The number of aryl methyl sites for hydroxylation is 1. The Morgan fingerprint density at radius 2 is 1.89 bits per heavy atom. The number of urea groups is 1. The topological polar surface area (TPSA) is 46.4 Å². The van der Waals surface area contributed by atoms with Gasteiger partial charge in [0.15, 0.2) is 4.80 Å². The first-order valence-electron chi connectivity index (χ1n) is 7.70. The molecule has 0 unspecified atom stereocenters. The molecule has 1 aromatic heterocycles. The molecule has 0 spiro atoms. The molecule has 0 saturated carbocycles. The van der Waals surface area contributed by atoms with Crippen molar-refractivity contribution in [2.75, 3.05) is 5.32 Å². The van der Waals surface area contributed by atoms with E-state index in [9.17, 15) is 18.0 Å². The Labute approximate surface area is 161 Å². The SMILES string of the molecule is Cc1cn(-c2ccc(C(F)(F)F)cc2)/c(=N/C(=O)Nc2cccc(Cl)c2)s1. The summed E-state index contributed by atoms with van der Waals surface area (Å²) < 4.78 is 39.7. The second-order valence-electron chi connectivity index (χ2n) is 5.59. The first-order valence-corrected chi connectivity index (χ1v) is 8.90. The second kappa shape index (κ2) is 7.58. The Morgan fingerprint density at radius 3 is 2.52 bits per heavy atom. The summed E-state index contributed by atoms with van der Waals surface area (Å²) >= 11 is 7.13. The van der Waals surface area contributed by atoms with Gasteiger partial charge in [0, 0.05) is 27.5 Å². The van der Waals surface area contributed by atoms with Crippen molar-refractivity contribution >= 4 is 34.7 Å². The Hall–Kier alpha value is -2.58. The Morgan fingerprint density at radius 1 is 1.19 bits per heavy atom. The molecule has 0 aliphatic rings. The number of nitrogens with zero attached hydrogens (tertiary/aromatic N) is 2. The van der Waals surface area contributed by atoms with Crippen LogP contribution < -0.4 is 10.1 Å². The van der Waals surface area contributed by atoms with Gasteiger partial charge in [-0.2, -0.15) is 18.2 Å². The summed E-state index contributed by atoms with van der Waals surface area (Å²) in [6.07, 6.45) is -2.70. The predicted molar refractivity (Wildman–Crippen MR) is 99.4 cm³/mol. The fraction of sp³-hybridized carbons (Fsp3) is 0.111. The molecule has 27 heavy (non-hydrogen) atoms. The quantitative estimate of drug-likeness (QED) is 0.581. The van der Waals surface area contributed by atoms with Crippen LogP contribution >= 0.6 is 22.9 Å². The number of halogens is 4. The first-order chi connectivity index (χ1) is 12.7. The van der Waals surface area contributed by atoms with Gasteiger partial charge in [-0.25, -0.2) is 4.79 Å². The highest BCUT2D eigenvalue weighted by atomic mass is 35.5.